The standard InChI is InChI=1S/C8H13IOSi/c1-6-7(11(2,3)4)5-8(9)10-6/h5H,1-4H3. The predicted molar refractivity (Wildman–Crippen MR) is 59.1 cm³/mol. The minimum Gasteiger partial charge on any atom is -0.456 e. The van der Waals surface area contributed by atoms with Crippen LogP contribution in [0.15, 0.2) is 10.5 Å². The molecule has 0 N–H and O–H groups in total. The van der Waals surface area contributed by atoms with Gasteiger partial charge in [-0.05, 0) is 40.8 Å². The molecule has 0 aliphatic heterocycles. The molecule has 3 heteroatoms. The lowest BCUT2D eigenvalue weighted by Gasteiger charge is -2.13. The van der Waals surface area contributed by atoms with E-state index in [0.29, 0.717) is 0 Å². The smallest absolute Gasteiger partial charge is 0.163 e. The van der Waals surface area contributed by atoms with Crippen molar-refractivity contribution in [2.24, 2.45) is 0 Å². The zero-order valence-corrected chi connectivity index (χ0v) is 10.5. The van der Waals surface area contributed by atoms with E-state index < -0.39 is 8.07 Å². The van der Waals surface area contributed by atoms with E-state index in [1.807, 2.05) is 0 Å². The number of rotatable bonds is 1. The van der Waals surface area contributed by atoms with Crippen molar-refractivity contribution in [2.45, 2.75) is 26.6 Å². The van der Waals surface area contributed by atoms with Crippen LogP contribution >= 0.6 is 22.6 Å². The second kappa shape index (κ2) is 2.93. The maximum atomic E-state index is 5.46. The van der Waals surface area contributed by atoms with Crippen molar-refractivity contribution in [2.75, 3.05) is 0 Å². The van der Waals surface area contributed by atoms with E-state index in [4.69, 9.17) is 4.42 Å². The Hall–Kier alpha value is 0.227. The molecule has 0 unspecified atom stereocenters. The second-order valence-corrected chi connectivity index (χ2v) is 9.87. The molecule has 0 saturated carbocycles. The van der Waals surface area contributed by atoms with Crippen LogP contribution in [0.3, 0.4) is 0 Å². The Balaban J connectivity index is 3.13. The van der Waals surface area contributed by atoms with Crippen LogP contribution in [0.25, 0.3) is 0 Å². The highest BCUT2D eigenvalue weighted by atomic mass is 127. The van der Waals surface area contributed by atoms with Crippen LogP contribution in [0, 0.1) is 10.7 Å². The summed E-state index contributed by atoms with van der Waals surface area (Å²) in [6, 6.07) is 2.17. The zero-order valence-electron chi connectivity index (χ0n) is 7.36. The van der Waals surface area contributed by atoms with Crippen molar-refractivity contribution in [1.82, 2.24) is 0 Å². The van der Waals surface area contributed by atoms with Gasteiger partial charge in [0.15, 0.2) is 3.77 Å². The molecule has 1 aromatic rings. The monoisotopic (exact) mass is 280 g/mol. The van der Waals surface area contributed by atoms with Crippen LogP contribution in [0.2, 0.25) is 19.6 Å². The highest BCUT2D eigenvalue weighted by Gasteiger charge is 2.21. The van der Waals surface area contributed by atoms with Crippen LogP contribution in [0.1, 0.15) is 5.76 Å². The minimum atomic E-state index is -1.16. The number of aryl methyl sites for hydroxylation is 1. The molecule has 11 heavy (non-hydrogen) atoms. The molecule has 0 bridgehead atoms. The molecule has 0 spiro atoms. The molecule has 0 aliphatic rings. The average Bonchev–Trinajstić information content (AvgIpc) is 2.08. The van der Waals surface area contributed by atoms with E-state index in [-0.39, 0.29) is 0 Å². The van der Waals surface area contributed by atoms with Gasteiger partial charge in [-0.15, -0.1) is 0 Å². The van der Waals surface area contributed by atoms with Crippen LogP contribution in [0.4, 0.5) is 0 Å². The van der Waals surface area contributed by atoms with Crippen LogP contribution in [-0.2, 0) is 0 Å². The van der Waals surface area contributed by atoms with Crippen molar-refractivity contribution >= 4 is 35.9 Å². The summed E-state index contributed by atoms with van der Waals surface area (Å²) in [7, 11) is -1.16. The van der Waals surface area contributed by atoms with Gasteiger partial charge < -0.3 is 4.42 Å². The molecule has 1 nitrogen and oxygen atoms in total. The lowest BCUT2D eigenvalue weighted by molar-refractivity contribution is 0.509. The second-order valence-electron chi connectivity index (χ2n) is 3.77. The van der Waals surface area contributed by atoms with Crippen molar-refractivity contribution in [3.05, 3.63) is 15.6 Å². The Kier molecular flexibility index (Phi) is 2.48. The zero-order chi connectivity index (χ0) is 8.65. The van der Waals surface area contributed by atoms with Crippen molar-refractivity contribution < 1.29 is 4.42 Å². The number of hydrogen-bond acceptors (Lipinski definition) is 1. The molecule has 0 aromatic carbocycles. The minimum absolute atomic E-state index is 1.01. The summed E-state index contributed by atoms with van der Waals surface area (Å²) in [4.78, 5) is 0. The SMILES string of the molecule is Cc1oc(I)cc1[Si](C)(C)C. The largest absolute Gasteiger partial charge is 0.456 e. The summed E-state index contributed by atoms with van der Waals surface area (Å²) >= 11 is 2.22. The number of furan rings is 1. The first-order chi connectivity index (χ1) is 4.91. The van der Waals surface area contributed by atoms with E-state index in [1.165, 1.54) is 5.19 Å². The van der Waals surface area contributed by atoms with Crippen LogP contribution in [-0.4, -0.2) is 8.07 Å². The van der Waals surface area contributed by atoms with Gasteiger partial charge in [-0.25, -0.2) is 0 Å². The molecule has 1 rings (SSSR count). The van der Waals surface area contributed by atoms with E-state index in [9.17, 15) is 0 Å². The molecule has 62 valence electrons. The fourth-order valence-corrected chi connectivity index (χ4v) is 3.80. The van der Waals surface area contributed by atoms with Crippen molar-refractivity contribution in [3.8, 4) is 0 Å². The predicted octanol–water partition coefficient (Wildman–Crippen LogP) is 2.74. The number of hydrogen-bond donors (Lipinski definition) is 0. The Morgan fingerprint density at radius 2 is 1.91 bits per heavy atom. The van der Waals surface area contributed by atoms with E-state index >= 15 is 0 Å². The van der Waals surface area contributed by atoms with Gasteiger partial charge in [-0.2, -0.15) is 0 Å². The average molecular weight is 280 g/mol. The first-order valence-electron chi connectivity index (χ1n) is 3.67. The third-order valence-corrected chi connectivity index (χ3v) is 4.34. The lowest BCUT2D eigenvalue weighted by Crippen LogP contribution is -2.38. The first-order valence-corrected chi connectivity index (χ1v) is 8.25. The van der Waals surface area contributed by atoms with Gasteiger partial charge in [-0.1, -0.05) is 19.6 Å². The van der Waals surface area contributed by atoms with Gasteiger partial charge in [0.25, 0.3) is 0 Å². The first kappa shape index (κ1) is 9.32. The number of halogens is 1. The van der Waals surface area contributed by atoms with Gasteiger partial charge >= 0.3 is 0 Å². The summed E-state index contributed by atoms with van der Waals surface area (Å²) < 4.78 is 6.47. The fourth-order valence-electron chi connectivity index (χ4n) is 1.19. The van der Waals surface area contributed by atoms with Crippen LogP contribution < -0.4 is 5.19 Å². The normalized spacial score (nSPS) is 12.1. The molecule has 0 saturated heterocycles. The van der Waals surface area contributed by atoms with Crippen LogP contribution in [0.5, 0.6) is 0 Å². The Morgan fingerprint density at radius 3 is 2.09 bits per heavy atom. The molecule has 0 radical (unpaired) electrons. The van der Waals surface area contributed by atoms with E-state index in [2.05, 4.69) is 55.2 Å². The third kappa shape index (κ3) is 2.08. The Labute approximate surface area is 82.3 Å². The molecule has 0 amide bonds. The molecular weight excluding hydrogens is 267 g/mol. The van der Waals surface area contributed by atoms with Crippen molar-refractivity contribution in [3.63, 3.8) is 0 Å². The van der Waals surface area contributed by atoms with E-state index in [0.717, 1.165) is 9.53 Å². The third-order valence-electron chi connectivity index (χ3n) is 1.70. The molecule has 0 atom stereocenters. The van der Waals surface area contributed by atoms with Gasteiger partial charge in [0, 0.05) is 0 Å². The summed E-state index contributed by atoms with van der Waals surface area (Å²) in [6.07, 6.45) is 0. The summed E-state index contributed by atoms with van der Waals surface area (Å²) in [5.74, 6) is 1.11. The highest BCUT2D eigenvalue weighted by molar-refractivity contribution is 14.1. The van der Waals surface area contributed by atoms with Gasteiger partial charge in [-0.3, -0.25) is 0 Å². The highest BCUT2D eigenvalue weighted by Crippen LogP contribution is 2.12. The van der Waals surface area contributed by atoms with Crippen molar-refractivity contribution in [1.29, 1.82) is 0 Å². The van der Waals surface area contributed by atoms with Gasteiger partial charge in [0.1, 0.15) is 5.76 Å². The summed E-state index contributed by atoms with van der Waals surface area (Å²) in [5, 5.41) is 1.45. The topological polar surface area (TPSA) is 13.1 Å². The lowest BCUT2D eigenvalue weighted by atomic mass is 10.5. The molecule has 1 aromatic heterocycles. The maximum Gasteiger partial charge on any atom is 0.163 e. The van der Waals surface area contributed by atoms with Gasteiger partial charge in [0.05, 0.1) is 8.07 Å². The summed E-state index contributed by atoms with van der Waals surface area (Å²) in [6.45, 7) is 9.05. The quantitative estimate of drug-likeness (QED) is 0.569. The van der Waals surface area contributed by atoms with E-state index in [1.54, 1.807) is 0 Å². The maximum absolute atomic E-state index is 5.46. The van der Waals surface area contributed by atoms with Gasteiger partial charge in [0.2, 0.25) is 0 Å². The molecular formula is C8H13IOSi. The summed E-state index contributed by atoms with van der Waals surface area (Å²) in [5.41, 5.74) is 0. The molecule has 0 fully saturated rings. The molecule has 0 aliphatic carbocycles. The Morgan fingerprint density at radius 1 is 1.36 bits per heavy atom. The fraction of sp³-hybridized carbons (Fsp3) is 0.500. The molecule has 1 heterocycles. The Bertz CT molecular complexity index is 260.